The Labute approximate surface area is 226 Å². The number of fused-ring (bicyclic) bond motifs is 2. The third kappa shape index (κ3) is 4.09. The molecule has 1 aliphatic rings. The molecule has 2 aromatic carbocycles. The van der Waals surface area contributed by atoms with Crippen LogP contribution in [0.5, 0.6) is 5.75 Å². The molecular formula is C31H30N6O2. The van der Waals surface area contributed by atoms with E-state index in [1.165, 1.54) is 6.33 Å². The molecule has 0 saturated heterocycles. The topological polar surface area (TPSA) is 101 Å². The van der Waals surface area contributed by atoms with Crippen LogP contribution < -0.4 is 16.0 Å². The minimum atomic E-state index is -0.0279. The molecule has 2 N–H and O–H groups in total. The highest BCUT2D eigenvalue weighted by molar-refractivity contribution is 5.98. The van der Waals surface area contributed by atoms with Gasteiger partial charge in [-0.1, -0.05) is 56.3 Å². The summed E-state index contributed by atoms with van der Waals surface area (Å²) in [5.41, 5.74) is 11.2. The first-order valence-corrected chi connectivity index (χ1v) is 13.0. The third-order valence-electron chi connectivity index (χ3n) is 7.74. The summed E-state index contributed by atoms with van der Waals surface area (Å²) in [7, 11) is 1.63. The number of allylic oxidation sites excluding steroid dienone is 4. The predicted molar refractivity (Wildman–Crippen MR) is 156 cm³/mol. The molecule has 196 valence electrons. The summed E-state index contributed by atoms with van der Waals surface area (Å²) in [6.45, 7) is 6.64. The van der Waals surface area contributed by atoms with Gasteiger partial charge in [-0.2, -0.15) is 5.10 Å². The average Bonchev–Trinajstić information content (AvgIpc) is 3.30. The van der Waals surface area contributed by atoms with Crippen molar-refractivity contribution < 1.29 is 4.74 Å². The fourth-order valence-corrected chi connectivity index (χ4v) is 5.45. The molecule has 0 spiro atoms. The third-order valence-corrected chi connectivity index (χ3v) is 7.74. The van der Waals surface area contributed by atoms with E-state index in [-0.39, 0.29) is 11.5 Å². The van der Waals surface area contributed by atoms with Crippen LogP contribution in [0.4, 0.5) is 5.82 Å². The molecule has 0 radical (unpaired) electrons. The van der Waals surface area contributed by atoms with E-state index < -0.39 is 0 Å². The van der Waals surface area contributed by atoms with Gasteiger partial charge in [-0.05, 0) is 48.1 Å². The summed E-state index contributed by atoms with van der Waals surface area (Å²) in [6.07, 6.45) is 7.70. The molecule has 0 bridgehead atoms. The summed E-state index contributed by atoms with van der Waals surface area (Å²) in [5.74, 6) is 1.52. The number of benzene rings is 2. The highest BCUT2D eigenvalue weighted by Gasteiger charge is 2.24. The zero-order chi connectivity index (χ0) is 27.3. The first-order chi connectivity index (χ1) is 18.9. The molecule has 0 saturated carbocycles. The van der Waals surface area contributed by atoms with Crippen LogP contribution in [-0.2, 0) is 6.54 Å². The molecule has 6 rings (SSSR count). The van der Waals surface area contributed by atoms with Gasteiger partial charge in [-0.25, -0.2) is 14.6 Å². The van der Waals surface area contributed by atoms with Crippen LogP contribution >= 0.6 is 0 Å². The van der Waals surface area contributed by atoms with Crippen LogP contribution in [0.15, 0.2) is 77.9 Å². The molecule has 3 aromatic heterocycles. The number of nitrogens with zero attached hydrogens (tertiary/aromatic N) is 5. The number of nitrogen functional groups attached to an aromatic ring is 1. The SMILES string of the molecule is COc1cccc(-c2nn(Cc3cc4cccc(C)c4c(=O)n3C3=CC=CC(C)C3C)c3ncnc(N)c23)c1. The van der Waals surface area contributed by atoms with Gasteiger partial charge in [-0.3, -0.25) is 9.36 Å². The number of anilines is 1. The number of ether oxygens (including phenoxy) is 1. The van der Waals surface area contributed by atoms with E-state index in [1.807, 2.05) is 70.8 Å². The minimum Gasteiger partial charge on any atom is -0.497 e. The lowest BCUT2D eigenvalue weighted by molar-refractivity contribution is 0.415. The summed E-state index contributed by atoms with van der Waals surface area (Å²) in [4.78, 5) is 22.9. The summed E-state index contributed by atoms with van der Waals surface area (Å²) >= 11 is 0. The van der Waals surface area contributed by atoms with E-state index in [1.54, 1.807) is 7.11 Å². The molecule has 2 unspecified atom stereocenters. The molecule has 0 fully saturated rings. The number of hydrogen-bond acceptors (Lipinski definition) is 6. The van der Waals surface area contributed by atoms with Gasteiger partial charge in [0.05, 0.1) is 24.4 Å². The van der Waals surface area contributed by atoms with E-state index in [2.05, 4.69) is 36.0 Å². The molecule has 39 heavy (non-hydrogen) atoms. The Hall–Kier alpha value is -4.72. The number of rotatable bonds is 5. The molecule has 5 aromatic rings. The highest BCUT2D eigenvalue weighted by atomic mass is 16.5. The van der Waals surface area contributed by atoms with Gasteiger partial charge in [0.25, 0.3) is 5.56 Å². The average molecular weight is 519 g/mol. The van der Waals surface area contributed by atoms with Gasteiger partial charge in [0.15, 0.2) is 5.65 Å². The van der Waals surface area contributed by atoms with E-state index in [4.69, 9.17) is 15.6 Å². The number of aryl methyl sites for hydroxylation is 1. The highest BCUT2D eigenvalue weighted by Crippen LogP contribution is 2.34. The smallest absolute Gasteiger partial charge is 0.263 e. The maximum absolute atomic E-state index is 14.1. The Morgan fingerprint density at radius 2 is 1.87 bits per heavy atom. The van der Waals surface area contributed by atoms with E-state index in [0.717, 1.165) is 33.3 Å². The van der Waals surface area contributed by atoms with Crippen molar-refractivity contribution >= 4 is 33.3 Å². The molecule has 0 amide bonds. The fraction of sp³-hybridized carbons (Fsp3) is 0.226. The van der Waals surface area contributed by atoms with Crippen molar-refractivity contribution in [3.8, 4) is 17.0 Å². The lowest BCUT2D eigenvalue weighted by atomic mass is 9.88. The molecule has 1 aliphatic carbocycles. The summed E-state index contributed by atoms with van der Waals surface area (Å²) < 4.78 is 9.11. The van der Waals surface area contributed by atoms with Crippen LogP contribution in [0, 0.1) is 18.8 Å². The zero-order valence-electron chi connectivity index (χ0n) is 22.4. The van der Waals surface area contributed by atoms with Crippen molar-refractivity contribution in [1.82, 2.24) is 24.3 Å². The molecule has 8 heteroatoms. The van der Waals surface area contributed by atoms with E-state index in [0.29, 0.717) is 40.8 Å². The second-order valence-corrected chi connectivity index (χ2v) is 10.1. The van der Waals surface area contributed by atoms with Gasteiger partial charge in [-0.15, -0.1) is 0 Å². The molecule has 0 aliphatic heterocycles. The lowest BCUT2D eigenvalue weighted by Crippen LogP contribution is -2.29. The summed E-state index contributed by atoms with van der Waals surface area (Å²) in [5, 5.41) is 7.26. The first kappa shape index (κ1) is 24.6. The Morgan fingerprint density at radius 3 is 2.69 bits per heavy atom. The number of hydrogen-bond donors (Lipinski definition) is 1. The number of nitrogens with two attached hydrogens (primary N) is 1. The van der Waals surface area contributed by atoms with Gasteiger partial charge < -0.3 is 10.5 Å². The Bertz CT molecular complexity index is 1860. The Morgan fingerprint density at radius 1 is 1.05 bits per heavy atom. The second-order valence-electron chi connectivity index (χ2n) is 10.1. The normalized spacial score (nSPS) is 17.1. The van der Waals surface area contributed by atoms with Crippen LogP contribution in [-0.4, -0.2) is 31.4 Å². The fourth-order valence-electron chi connectivity index (χ4n) is 5.45. The maximum atomic E-state index is 14.1. The maximum Gasteiger partial charge on any atom is 0.263 e. The molecule has 2 atom stereocenters. The van der Waals surface area contributed by atoms with Crippen molar-refractivity contribution in [2.45, 2.75) is 27.3 Å². The predicted octanol–water partition coefficient (Wildman–Crippen LogP) is 5.44. The largest absolute Gasteiger partial charge is 0.497 e. The number of methoxy groups -OCH3 is 1. The zero-order valence-corrected chi connectivity index (χ0v) is 22.4. The molecule has 8 nitrogen and oxygen atoms in total. The quantitative estimate of drug-likeness (QED) is 0.333. The van der Waals surface area contributed by atoms with E-state index in [9.17, 15) is 4.79 Å². The van der Waals surface area contributed by atoms with Crippen LogP contribution in [0.3, 0.4) is 0 Å². The Balaban J connectivity index is 1.60. The van der Waals surface area contributed by atoms with Crippen LogP contribution in [0.25, 0.3) is 38.8 Å². The van der Waals surface area contributed by atoms with Gasteiger partial charge in [0, 0.05) is 22.9 Å². The van der Waals surface area contributed by atoms with Gasteiger partial charge in [0.1, 0.15) is 23.6 Å². The van der Waals surface area contributed by atoms with Crippen LogP contribution in [0.1, 0.15) is 25.1 Å². The van der Waals surface area contributed by atoms with E-state index >= 15 is 0 Å². The monoisotopic (exact) mass is 518 g/mol. The van der Waals surface area contributed by atoms with Gasteiger partial charge in [0.2, 0.25) is 0 Å². The number of aromatic nitrogens is 5. The Kier molecular flexibility index (Phi) is 6.02. The standard InChI is InChI=1S/C31H30N6O2/c1-18-8-6-13-25(20(18)3)37-23(14-21-10-5-9-19(2)26(21)31(37)38)16-36-30-27(29(32)33-17-34-30)28(35-36)22-11-7-12-24(15-22)39-4/h5-15,17-18,20H,16H2,1-4H3,(H2,32,33,34). The van der Waals surface area contributed by atoms with Crippen molar-refractivity contribution in [3.63, 3.8) is 0 Å². The molecule has 3 heterocycles. The molecular weight excluding hydrogens is 488 g/mol. The van der Waals surface area contributed by atoms with Crippen molar-refractivity contribution in [2.75, 3.05) is 12.8 Å². The van der Waals surface area contributed by atoms with Crippen molar-refractivity contribution in [1.29, 1.82) is 0 Å². The first-order valence-electron chi connectivity index (χ1n) is 13.0. The minimum absolute atomic E-state index is 0.0279. The van der Waals surface area contributed by atoms with Crippen molar-refractivity contribution in [2.24, 2.45) is 11.8 Å². The van der Waals surface area contributed by atoms with Gasteiger partial charge >= 0.3 is 0 Å². The number of pyridine rings is 1. The lowest BCUT2D eigenvalue weighted by Gasteiger charge is -2.27. The van der Waals surface area contributed by atoms with Crippen molar-refractivity contribution in [3.05, 3.63) is 94.7 Å². The van der Waals surface area contributed by atoms with Crippen LogP contribution in [0.2, 0.25) is 0 Å². The second kappa shape index (κ2) is 9.54. The summed E-state index contributed by atoms with van der Waals surface area (Å²) in [6, 6.07) is 15.7.